The molecule has 0 spiro atoms. The minimum Gasteiger partial charge on any atom is -0.258 e. The quantitative estimate of drug-likeness (QED) is 0.389. The molecule has 5 nitrogen and oxygen atoms in total. The number of para-hydroxylation sites is 1. The summed E-state index contributed by atoms with van der Waals surface area (Å²) in [5.74, 6) is 0. The van der Waals surface area contributed by atoms with Gasteiger partial charge in [-0.1, -0.05) is 18.2 Å². The number of hydrogen-bond acceptors (Lipinski definition) is 6. The second kappa shape index (κ2) is 5.53. The molecule has 1 aromatic carbocycles. The highest BCUT2D eigenvalue weighted by Crippen LogP contribution is 2.36. The fraction of sp³-hybridized carbons (Fsp3) is 0. The molecule has 0 N–H and O–H groups in total. The SMILES string of the molecule is O=[N+]([O-])c1cccc2nc(-c3cccs3)c(-c3cccs3)nc12. The third-order valence-electron chi connectivity index (χ3n) is 3.38. The zero-order chi connectivity index (χ0) is 15.8. The van der Waals surface area contributed by atoms with Gasteiger partial charge >= 0.3 is 0 Å². The highest BCUT2D eigenvalue weighted by atomic mass is 32.1. The van der Waals surface area contributed by atoms with E-state index >= 15 is 0 Å². The molecule has 0 atom stereocenters. The summed E-state index contributed by atoms with van der Waals surface area (Å²) in [5.41, 5.74) is 2.27. The van der Waals surface area contributed by atoms with Gasteiger partial charge in [0.1, 0.15) is 11.4 Å². The average Bonchev–Trinajstić information content (AvgIpc) is 3.26. The van der Waals surface area contributed by atoms with Crippen LogP contribution in [0, 0.1) is 10.1 Å². The molecule has 4 aromatic rings. The van der Waals surface area contributed by atoms with Crippen molar-refractivity contribution in [2.24, 2.45) is 0 Å². The lowest BCUT2D eigenvalue weighted by Gasteiger charge is -2.07. The lowest BCUT2D eigenvalue weighted by molar-refractivity contribution is -0.383. The van der Waals surface area contributed by atoms with E-state index in [1.54, 1.807) is 34.8 Å². The molecule has 0 unspecified atom stereocenters. The van der Waals surface area contributed by atoms with E-state index in [1.807, 2.05) is 35.0 Å². The van der Waals surface area contributed by atoms with Gasteiger partial charge < -0.3 is 0 Å². The van der Waals surface area contributed by atoms with Crippen LogP contribution in [0.25, 0.3) is 32.2 Å². The Bertz CT molecular complexity index is 996. The molecule has 0 aliphatic rings. The number of hydrogen-bond donors (Lipinski definition) is 0. The number of benzene rings is 1. The molecule has 3 aromatic heterocycles. The number of fused-ring (bicyclic) bond motifs is 1. The Labute approximate surface area is 139 Å². The Morgan fingerprint density at radius 2 is 1.52 bits per heavy atom. The van der Waals surface area contributed by atoms with Crippen LogP contribution in [0.4, 0.5) is 5.69 Å². The largest absolute Gasteiger partial charge is 0.297 e. The maximum absolute atomic E-state index is 11.3. The van der Waals surface area contributed by atoms with Gasteiger partial charge in [-0.3, -0.25) is 10.1 Å². The van der Waals surface area contributed by atoms with Gasteiger partial charge in [-0.05, 0) is 29.0 Å². The Morgan fingerprint density at radius 1 is 0.870 bits per heavy atom. The molecule has 0 saturated heterocycles. The Hall–Kier alpha value is -2.64. The predicted octanol–water partition coefficient (Wildman–Crippen LogP) is 5.00. The molecule has 0 fully saturated rings. The topological polar surface area (TPSA) is 68.9 Å². The maximum Gasteiger partial charge on any atom is 0.297 e. The molecule has 4 rings (SSSR count). The van der Waals surface area contributed by atoms with Crippen molar-refractivity contribution in [3.63, 3.8) is 0 Å². The number of aromatic nitrogens is 2. The Kier molecular flexibility index (Phi) is 3.36. The fourth-order valence-corrected chi connectivity index (χ4v) is 3.81. The van der Waals surface area contributed by atoms with E-state index in [0.717, 1.165) is 15.4 Å². The zero-order valence-electron chi connectivity index (χ0n) is 11.7. The van der Waals surface area contributed by atoms with Crippen LogP contribution < -0.4 is 0 Å². The third kappa shape index (κ3) is 2.39. The summed E-state index contributed by atoms with van der Waals surface area (Å²) in [4.78, 5) is 22.1. The average molecular weight is 339 g/mol. The van der Waals surface area contributed by atoms with Crippen LogP contribution in [0.2, 0.25) is 0 Å². The second-order valence-corrected chi connectivity index (χ2v) is 6.67. The van der Waals surface area contributed by atoms with Crippen LogP contribution in [0.3, 0.4) is 0 Å². The van der Waals surface area contributed by atoms with Gasteiger partial charge in [0.25, 0.3) is 5.69 Å². The van der Waals surface area contributed by atoms with Crippen molar-refractivity contribution in [1.29, 1.82) is 0 Å². The lowest BCUT2D eigenvalue weighted by atomic mass is 10.2. The van der Waals surface area contributed by atoms with Gasteiger partial charge in [0, 0.05) is 6.07 Å². The van der Waals surface area contributed by atoms with E-state index in [-0.39, 0.29) is 5.69 Å². The minimum absolute atomic E-state index is 0.0227. The normalized spacial score (nSPS) is 11.0. The minimum atomic E-state index is -0.417. The summed E-state index contributed by atoms with van der Waals surface area (Å²) >= 11 is 3.12. The third-order valence-corrected chi connectivity index (χ3v) is 5.13. The predicted molar refractivity (Wildman–Crippen MR) is 92.8 cm³/mol. The van der Waals surface area contributed by atoms with E-state index in [4.69, 9.17) is 0 Å². The van der Waals surface area contributed by atoms with Gasteiger partial charge in [0.15, 0.2) is 5.52 Å². The molecule has 7 heteroatoms. The van der Waals surface area contributed by atoms with Crippen LogP contribution in [-0.2, 0) is 0 Å². The first kappa shape index (κ1) is 14.0. The van der Waals surface area contributed by atoms with Gasteiger partial charge in [0.2, 0.25) is 0 Å². The summed E-state index contributed by atoms with van der Waals surface area (Å²) in [6.07, 6.45) is 0. The smallest absolute Gasteiger partial charge is 0.258 e. The van der Waals surface area contributed by atoms with Crippen molar-refractivity contribution in [3.8, 4) is 21.1 Å². The fourth-order valence-electron chi connectivity index (χ4n) is 2.38. The van der Waals surface area contributed by atoms with Gasteiger partial charge in [-0.2, -0.15) is 0 Å². The van der Waals surface area contributed by atoms with Crippen molar-refractivity contribution in [3.05, 3.63) is 63.3 Å². The van der Waals surface area contributed by atoms with Crippen LogP contribution >= 0.6 is 22.7 Å². The molecule has 0 aliphatic carbocycles. The van der Waals surface area contributed by atoms with Gasteiger partial charge in [-0.25, -0.2) is 9.97 Å². The van der Waals surface area contributed by atoms with Crippen molar-refractivity contribution < 1.29 is 4.92 Å². The summed E-state index contributed by atoms with van der Waals surface area (Å²) in [5, 5.41) is 15.2. The molecular formula is C16H9N3O2S2. The summed E-state index contributed by atoms with van der Waals surface area (Å²) in [6, 6.07) is 12.7. The van der Waals surface area contributed by atoms with Gasteiger partial charge in [-0.15, -0.1) is 22.7 Å². The number of non-ortho nitro benzene ring substituents is 1. The number of rotatable bonds is 3. The standard InChI is InChI=1S/C16H9N3O2S2/c20-19(21)11-5-1-4-10-14(11)18-16(13-7-3-9-23-13)15(17-10)12-6-2-8-22-12/h1-9H. The van der Waals surface area contributed by atoms with Crippen LogP contribution in [0.5, 0.6) is 0 Å². The van der Waals surface area contributed by atoms with E-state index in [1.165, 1.54) is 6.07 Å². The van der Waals surface area contributed by atoms with Crippen LogP contribution in [-0.4, -0.2) is 14.9 Å². The number of nitrogens with zero attached hydrogens (tertiary/aromatic N) is 3. The van der Waals surface area contributed by atoms with E-state index in [2.05, 4.69) is 9.97 Å². The molecule has 0 aliphatic heterocycles. The molecule has 0 radical (unpaired) electrons. The van der Waals surface area contributed by atoms with Crippen molar-refractivity contribution in [1.82, 2.24) is 9.97 Å². The van der Waals surface area contributed by atoms with Crippen molar-refractivity contribution in [2.45, 2.75) is 0 Å². The second-order valence-electron chi connectivity index (χ2n) is 4.78. The Balaban J connectivity index is 2.08. The molecule has 0 saturated carbocycles. The van der Waals surface area contributed by atoms with Crippen LogP contribution in [0.15, 0.2) is 53.2 Å². The maximum atomic E-state index is 11.3. The highest BCUT2D eigenvalue weighted by molar-refractivity contribution is 7.14. The molecule has 112 valence electrons. The van der Waals surface area contributed by atoms with Crippen LogP contribution in [0.1, 0.15) is 0 Å². The molecule has 23 heavy (non-hydrogen) atoms. The zero-order valence-corrected chi connectivity index (χ0v) is 13.3. The molecule has 3 heterocycles. The van der Waals surface area contributed by atoms with Crippen molar-refractivity contribution in [2.75, 3.05) is 0 Å². The first-order valence-corrected chi connectivity index (χ1v) is 8.53. The summed E-state index contributed by atoms with van der Waals surface area (Å²) in [7, 11) is 0. The number of thiophene rings is 2. The van der Waals surface area contributed by atoms with Crippen molar-refractivity contribution >= 4 is 39.4 Å². The van der Waals surface area contributed by atoms with E-state index in [9.17, 15) is 10.1 Å². The first-order valence-electron chi connectivity index (χ1n) is 6.77. The molecule has 0 bridgehead atoms. The lowest BCUT2D eigenvalue weighted by Crippen LogP contribution is -1.97. The monoisotopic (exact) mass is 339 g/mol. The Morgan fingerprint density at radius 3 is 2.09 bits per heavy atom. The number of nitro groups is 1. The molecule has 0 amide bonds. The van der Waals surface area contributed by atoms with E-state index in [0.29, 0.717) is 16.7 Å². The van der Waals surface area contributed by atoms with Gasteiger partial charge in [0.05, 0.1) is 20.2 Å². The van der Waals surface area contributed by atoms with E-state index < -0.39 is 4.92 Å². The summed E-state index contributed by atoms with van der Waals surface area (Å²) < 4.78 is 0. The highest BCUT2D eigenvalue weighted by Gasteiger charge is 2.19. The molecular weight excluding hydrogens is 330 g/mol. The first-order chi connectivity index (χ1) is 11.2. The number of nitro benzene ring substituents is 1. The summed E-state index contributed by atoms with van der Waals surface area (Å²) in [6.45, 7) is 0.